The molecule has 1 heterocycles. The van der Waals surface area contributed by atoms with Crippen LogP contribution in [0.25, 0.3) is 0 Å². The van der Waals surface area contributed by atoms with Gasteiger partial charge in [-0.1, -0.05) is 57.5 Å². The van der Waals surface area contributed by atoms with Gasteiger partial charge >= 0.3 is 0 Å². The fourth-order valence-corrected chi connectivity index (χ4v) is 3.40. The normalized spacial score (nSPS) is 11.2. The Balaban J connectivity index is 1.98. The van der Waals surface area contributed by atoms with Gasteiger partial charge in [0.2, 0.25) is 11.0 Å². The van der Waals surface area contributed by atoms with E-state index in [0.717, 1.165) is 30.5 Å². The van der Waals surface area contributed by atoms with Crippen LogP contribution in [-0.4, -0.2) is 34.9 Å². The Morgan fingerprint density at radius 1 is 1.15 bits per heavy atom. The van der Waals surface area contributed by atoms with E-state index in [1.807, 2.05) is 0 Å². The third-order valence-electron chi connectivity index (χ3n) is 4.11. The van der Waals surface area contributed by atoms with Gasteiger partial charge < -0.3 is 10.2 Å². The van der Waals surface area contributed by atoms with Crippen molar-refractivity contribution < 1.29 is 4.79 Å². The van der Waals surface area contributed by atoms with E-state index in [9.17, 15) is 4.79 Å². The Morgan fingerprint density at radius 2 is 1.85 bits per heavy atom. The summed E-state index contributed by atoms with van der Waals surface area (Å²) in [6, 6.07) is 8.48. The number of aryl methyl sites for hydroxylation is 1. The van der Waals surface area contributed by atoms with Gasteiger partial charge in [0.05, 0.1) is 0 Å². The molecule has 2 aromatic rings. The molecule has 5 nitrogen and oxygen atoms in total. The number of hydrogen-bond donors (Lipinski definition) is 1. The zero-order valence-corrected chi connectivity index (χ0v) is 18.0. The SMILES string of the molecule is Cc1ccc(Cc2nsc(N(CCC(=O)NCC(C)C)CC(C)C)n2)cc1. The highest BCUT2D eigenvalue weighted by Gasteiger charge is 2.16. The van der Waals surface area contributed by atoms with Crippen LogP contribution in [0.5, 0.6) is 0 Å². The summed E-state index contributed by atoms with van der Waals surface area (Å²) < 4.78 is 4.54. The van der Waals surface area contributed by atoms with Crippen LogP contribution >= 0.6 is 11.5 Å². The van der Waals surface area contributed by atoms with Crippen molar-refractivity contribution in [3.8, 4) is 0 Å². The Kier molecular flexibility index (Phi) is 8.23. The van der Waals surface area contributed by atoms with Crippen LogP contribution in [-0.2, 0) is 11.2 Å². The Bertz CT molecular complexity index is 709. The van der Waals surface area contributed by atoms with Gasteiger partial charge in [-0.3, -0.25) is 4.79 Å². The number of carbonyl (C=O) groups is 1. The minimum atomic E-state index is 0.0989. The second-order valence-corrected chi connectivity index (χ2v) is 8.67. The summed E-state index contributed by atoms with van der Waals surface area (Å²) in [6.45, 7) is 12.9. The van der Waals surface area contributed by atoms with Gasteiger partial charge in [0.1, 0.15) is 5.82 Å². The molecule has 0 atom stereocenters. The first-order chi connectivity index (χ1) is 12.8. The summed E-state index contributed by atoms with van der Waals surface area (Å²) in [5.74, 6) is 1.90. The molecule has 0 bridgehead atoms. The lowest BCUT2D eigenvalue weighted by Crippen LogP contribution is -2.34. The smallest absolute Gasteiger partial charge is 0.221 e. The highest BCUT2D eigenvalue weighted by Crippen LogP contribution is 2.20. The lowest BCUT2D eigenvalue weighted by Gasteiger charge is -2.23. The summed E-state index contributed by atoms with van der Waals surface area (Å²) in [7, 11) is 0. The van der Waals surface area contributed by atoms with Crippen molar-refractivity contribution in [2.24, 2.45) is 11.8 Å². The first-order valence-corrected chi connectivity index (χ1v) is 10.5. The molecular formula is C21H32N4OS. The molecule has 0 aliphatic heterocycles. The standard InChI is InChI=1S/C21H32N4OS/c1-15(2)13-22-20(26)10-11-25(14-16(3)4)21-23-19(24-27-21)12-18-8-6-17(5)7-9-18/h6-9,15-16H,10-14H2,1-5H3,(H,22,26). The molecule has 0 radical (unpaired) electrons. The van der Waals surface area contributed by atoms with Crippen LogP contribution in [0.4, 0.5) is 5.13 Å². The third-order valence-corrected chi connectivity index (χ3v) is 4.93. The molecule has 0 aliphatic carbocycles. The van der Waals surface area contributed by atoms with Crippen LogP contribution in [0.1, 0.15) is 51.1 Å². The molecule has 0 unspecified atom stereocenters. The van der Waals surface area contributed by atoms with Gasteiger partial charge in [0, 0.05) is 44.0 Å². The molecule has 1 N–H and O–H groups in total. The van der Waals surface area contributed by atoms with Gasteiger partial charge in [-0.15, -0.1) is 0 Å². The Hall–Kier alpha value is -1.95. The van der Waals surface area contributed by atoms with Crippen molar-refractivity contribution >= 4 is 22.6 Å². The van der Waals surface area contributed by atoms with E-state index >= 15 is 0 Å². The number of hydrogen-bond acceptors (Lipinski definition) is 5. The van der Waals surface area contributed by atoms with E-state index in [1.165, 1.54) is 22.7 Å². The van der Waals surface area contributed by atoms with Crippen molar-refractivity contribution in [3.05, 3.63) is 41.2 Å². The van der Waals surface area contributed by atoms with Crippen LogP contribution < -0.4 is 10.2 Å². The molecule has 0 aliphatic rings. The number of nitrogens with zero attached hydrogens (tertiary/aromatic N) is 3. The van der Waals surface area contributed by atoms with E-state index in [0.29, 0.717) is 24.8 Å². The molecule has 1 amide bonds. The van der Waals surface area contributed by atoms with Crippen molar-refractivity contribution in [2.75, 3.05) is 24.5 Å². The summed E-state index contributed by atoms with van der Waals surface area (Å²) in [5.41, 5.74) is 2.47. The number of carbonyl (C=O) groups excluding carboxylic acids is 1. The maximum atomic E-state index is 12.1. The fourth-order valence-electron chi connectivity index (χ4n) is 2.68. The van der Waals surface area contributed by atoms with E-state index in [4.69, 9.17) is 4.98 Å². The minimum absolute atomic E-state index is 0.0989. The Labute approximate surface area is 167 Å². The molecule has 0 saturated heterocycles. The molecule has 1 aromatic heterocycles. The maximum Gasteiger partial charge on any atom is 0.221 e. The average Bonchev–Trinajstić information content (AvgIpc) is 3.07. The number of aromatic nitrogens is 2. The van der Waals surface area contributed by atoms with E-state index in [-0.39, 0.29) is 5.91 Å². The summed E-state index contributed by atoms with van der Waals surface area (Å²) in [4.78, 5) is 19.0. The lowest BCUT2D eigenvalue weighted by atomic mass is 10.1. The van der Waals surface area contributed by atoms with E-state index < -0.39 is 0 Å². The predicted molar refractivity (Wildman–Crippen MR) is 113 cm³/mol. The quantitative estimate of drug-likeness (QED) is 0.667. The van der Waals surface area contributed by atoms with E-state index in [1.54, 1.807) is 0 Å². The largest absolute Gasteiger partial charge is 0.356 e. The summed E-state index contributed by atoms with van der Waals surface area (Å²) in [5, 5.41) is 3.89. The van der Waals surface area contributed by atoms with Crippen LogP contribution in [0.15, 0.2) is 24.3 Å². The molecule has 0 fully saturated rings. The third kappa shape index (κ3) is 7.67. The zero-order valence-electron chi connectivity index (χ0n) is 17.2. The molecule has 2 rings (SSSR count). The Morgan fingerprint density at radius 3 is 2.48 bits per heavy atom. The molecule has 1 aromatic carbocycles. The average molecular weight is 389 g/mol. The zero-order chi connectivity index (χ0) is 19.8. The monoisotopic (exact) mass is 388 g/mol. The molecule has 0 saturated carbocycles. The van der Waals surface area contributed by atoms with Crippen LogP contribution in [0.3, 0.4) is 0 Å². The highest BCUT2D eigenvalue weighted by atomic mass is 32.1. The van der Waals surface area contributed by atoms with Gasteiger partial charge in [-0.05, 0) is 24.3 Å². The van der Waals surface area contributed by atoms with Gasteiger partial charge in [0.25, 0.3) is 0 Å². The summed E-state index contributed by atoms with van der Waals surface area (Å²) >= 11 is 1.43. The predicted octanol–water partition coefficient (Wildman–Crippen LogP) is 4.06. The maximum absolute atomic E-state index is 12.1. The molecule has 0 spiro atoms. The first-order valence-electron chi connectivity index (χ1n) is 9.73. The fraction of sp³-hybridized carbons (Fsp3) is 0.571. The van der Waals surface area contributed by atoms with Crippen LogP contribution in [0, 0.1) is 18.8 Å². The lowest BCUT2D eigenvalue weighted by molar-refractivity contribution is -0.121. The van der Waals surface area contributed by atoms with Crippen molar-refractivity contribution in [2.45, 2.75) is 47.5 Å². The van der Waals surface area contributed by atoms with Crippen molar-refractivity contribution in [1.29, 1.82) is 0 Å². The second kappa shape index (κ2) is 10.4. The van der Waals surface area contributed by atoms with Crippen molar-refractivity contribution in [3.63, 3.8) is 0 Å². The number of amides is 1. The second-order valence-electron chi connectivity index (χ2n) is 7.94. The molecule has 27 heavy (non-hydrogen) atoms. The molecule has 6 heteroatoms. The number of anilines is 1. The first kappa shape index (κ1) is 21.4. The van der Waals surface area contributed by atoms with Gasteiger partial charge in [-0.2, -0.15) is 4.37 Å². The molecule has 148 valence electrons. The highest BCUT2D eigenvalue weighted by molar-refractivity contribution is 7.09. The summed E-state index contributed by atoms with van der Waals surface area (Å²) in [6.07, 6.45) is 1.22. The minimum Gasteiger partial charge on any atom is -0.356 e. The molecular weight excluding hydrogens is 356 g/mol. The number of benzene rings is 1. The topological polar surface area (TPSA) is 58.1 Å². The number of nitrogens with one attached hydrogen (secondary N) is 1. The van der Waals surface area contributed by atoms with Crippen molar-refractivity contribution in [1.82, 2.24) is 14.7 Å². The van der Waals surface area contributed by atoms with Gasteiger partial charge in [-0.25, -0.2) is 4.98 Å². The number of rotatable bonds is 10. The van der Waals surface area contributed by atoms with E-state index in [2.05, 4.69) is 73.5 Å². The van der Waals surface area contributed by atoms with Crippen LogP contribution in [0.2, 0.25) is 0 Å². The van der Waals surface area contributed by atoms with Gasteiger partial charge in [0.15, 0.2) is 0 Å².